The number of hydrogen-bond donors (Lipinski definition) is 1. The average Bonchev–Trinajstić information content (AvgIpc) is 2.59. The van der Waals surface area contributed by atoms with Crippen molar-refractivity contribution in [2.24, 2.45) is 0 Å². The van der Waals surface area contributed by atoms with E-state index in [1.54, 1.807) is 30.1 Å². The highest BCUT2D eigenvalue weighted by Crippen LogP contribution is 2.12. The zero-order valence-corrected chi connectivity index (χ0v) is 9.58. The van der Waals surface area contributed by atoms with Crippen LogP contribution in [0, 0.1) is 13.8 Å². The summed E-state index contributed by atoms with van der Waals surface area (Å²) in [5, 5.41) is 13.0. The van der Waals surface area contributed by atoms with Crippen LogP contribution in [0.1, 0.15) is 27.6 Å². The minimum atomic E-state index is -1.02. The number of aromatic carboxylic acids is 1. The fraction of sp³-hybridized carbons (Fsp3) is 0.273. The molecule has 0 aliphatic rings. The highest BCUT2D eigenvalue weighted by atomic mass is 16.4. The van der Waals surface area contributed by atoms with E-state index in [1.807, 2.05) is 6.92 Å². The molecular weight excluding hydrogens is 220 g/mol. The van der Waals surface area contributed by atoms with E-state index in [1.165, 1.54) is 0 Å². The van der Waals surface area contributed by atoms with Gasteiger partial charge in [0.1, 0.15) is 12.4 Å². The maximum absolute atomic E-state index is 10.9. The lowest BCUT2D eigenvalue weighted by Gasteiger charge is -2.02. The molecule has 88 valence electrons. The summed E-state index contributed by atoms with van der Waals surface area (Å²) in [5.74, 6) is -0.409. The first-order chi connectivity index (χ1) is 8.09. The molecule has 0 radical (unpaired) electrons. The van der Waals surface area contributed by atoms with Crippen LogP contribution >= 0.6 is 0 Å². The molecule has 17 heavy (non-hydrogen) atoms. The molecule has 2 heterocycles. The van der Waals surface area contributed by atoms with Crippen molar-refractivity contribution >= 4 is 5.97 Å². The maximum atomic E-state index is 10.9. The van der Waals surface area contributed by atoms with Crippen molar-refractivity contribution in [3.63, 3.8) is 0 Å². The molecular formula is C11H12N4O2. The van der Waals surface area contributed by atoms with Crippen molar-refractivity contribution in [2.75, 3.05) is 0 Å². The van der Waals surface area contributed by atoms with E-state index in [4.69, 9.17) is 5.11 Å². The molecule has 1 N–H and O–H groups in total. The van der Waals surface area contributed by atoms with Gasteiger partial charge in [-0.3, -0.25) is 4.68 Å². The van der Waals surface area contributed by atoms with Crippen molar-refractivity contribution in [2.45, 2.75) is 20.4 Å². The Bertz CT molecular complexity index is 548. The Morgan fingerprint density at radius 1 is 1.35 bits per heavy atom. The lowest BCUT2D eigenvalue weighted by atomic mass is 10.2. The van der Waals surface area contributed by atoms with Crippen molar-refractivity contribution < 1.29 is 9.90 Å². The minimum absolute atomic E-state index is 0.0819. The normalized spacial score (nSPS) is 10.5. The minimum Gasteiger partial charge on any atom is -0.476 e. The molecule has 6 nitrogen and oxygen atoms in total. The number of rotatable bonds is 3. The van der Waals surface area contributed by atoms with Gasteiger partial charge in [-0.1, -0.05) is 0 Å². The second-order valence-electron chi connectivity index (χ2n) is 3.69. The summed E-state index contributed by atoms with van der Waals surface area (Å²) in [7, 11) is 0. The Morgan fingerprint density at radius 3 is 2.53 bits per heavy atom. The molecule has 0 amide bonds. The van der Waals surface area contributed by atoms with Crippen LogP contribution in [0.15, 0.2) is 18.5 Å². The molecule has 0 fully saturated rings. The lowest BCUT2D eigenvalue weighted by Crippen LogP contribution is -2.08. The number of carboxylic acids is 1. The molecule has 0 aromatic carbocycles. The van der Waals surface area contributed by atoms with Gasteiger partial charge in [-0.25, -0.2) is 14.8 Å². The molecule has 0 aliphatic carbocycles. The van der Waals surface area contributed by atoms with Crippen LogP contribution in [-0.2, 0) is 6.54 Å². The van der Waals surface area contributed by atoms with Crippen molar-refractivity contribution in [3.8, 4) is 0 Å². The van der Waals surface area contributed by atoms with Crippen LogP contribution in [0.4, 0.5) is 0 Å². The van der Waals surface area contributed by atoms with Crippen LogP contribution in [0.3, 0.4) is 0 Å². The summed E-state index contributed by atoms with van der Waals surface area (Å²) in [5.41, 5.74) is 1.57. The second kappa shape index (κ2) is 4.32. The van der Waals surface area contributed by atoms with Crippen LogP contribution in [0.5, 0.6) is 0 Å². The highest BCUT2D eigenvalue weighted by molar-refractivity contribution is 5.87. The van der Waals surface area contributed by atoms with Crippen LogP contribution in [0.2, 0.25) is 0 Å². The van der Waals surface area contributed by atoms with E-state index in [9.17, 15) is 4.79 Å². The second-order valence-corrected chi connectivity index (χ2v) is 3.69. The van der Waals surface area contributed by atoms with E-state index in [2.05, 4.69) is 15.1 Å². The van der Waals surface area contributed by atoms with E-state index in [0.29, 0.717) is 17.9 Å². The number of hydrogen-bond acceptors (Lipinski definition) is 4. The van der Waals surface area contributed by atoms with Gasteiger partial charge < -0.3 is 5.11 Å². The van der Waals surface area contributed by atoms with E-state index < -0.39 is 5.97 Å². The molecule has 2 rings (SSSR count). The Balaban J connectivity index is 2.34. The molecule has 0 bridgehead atoms. The van der Waals surface area contributed by atoms with Crippen LogP contribution < -0.4 is 0 Å². The third-order valence-electron chi connectivity index (χ3n) is 2.62. The predicted octanol–water partition coefficient (Wildman–Crippen LogP) is 1.04. The van der Waals surface area contributed by atoms with Crippen molar-refractivity contribution in [1.82, 2.24) is 19.7 Å². The SMILES string of the molecule is Cc1c(C(=O)O)nn(Cc2ncccn2)c1C. The fourth-order valence-corrected chi connectivity index (χ4v) is 1.54. The van der Waals surface area contributed by atoms with Crippen molar-refractivity contribution in [3.05, 3.63) is 41.2 Å². The molecule has 0 spiro atoms. The Kier molecular flexibility index (Phi) is 2.86. The van der Waals surface area contributed by atoms with Crippen LogP contribution in [0.25, 0.3) is 0 Å². The van der Waals surface area contributed by atoms with Gasteiger partial charge in [0.05, 0.1) is 0 Å². The number of aromatic nitrogens is 4. The summed E-state index contributed by atoms with van der Waals surface area (Å²) < 4.78 is 1.61. The van der Waals surface area contributed by atoms with E-state index in [-0.39, 0.29) is 5.69 Å². The van der Waals surface area contributed by atoms with E-state index >= 15 is 0 Å². The van der Waals surface area contributed by atoms with Crippen LogP contribution in [-0.4, -0.2) is 30.8 Å². The third kappa shape index (κ3) is 2.15. The summed E-state index contributed by atoms with van der Waals surface area (Å²) in [4.78, 5) is 19.1. The first-order valence-corrected chi connectivity index (χ1v) is 5.13. The molecule has 0 saturated carbocycles. The summed E-state index contributed by atoms with van der Waals surface area (Å²) >= 11 is 0. The quantitative estimate of drug-likeness (QED) is 0.855. The summed E-state index contributed by atoms with van der Waals surface area (Å²) in [6.07, 6.45) is 3.29. The summed E-state index contributed by atoms with van der Waals surface area (Å²) in [6, 6.07) is 1.73. The largest absolute Gasteiger partial charge is 0.476 e. The van der Waals surface area contributed by atoms with Gasteiger partial charge in [0, 0.05) is 23.7 Å². The van der Waals surface area contributed by atoms with Crippen molar-refractivity contribution in [1.29, 1.82) is 0 Å². The number of carbonyl (C=O) groups is 1. The number of nitrogens with zero attached hydrogens (tertiary/aromatic N) is 4. The first kappa shape index (κ1) is 11.3. The summed E-state index contributed by atoms with van der Waals surface area (Å²) in [6.45, 7) is 3.95. The predicted molar refractivity (Wildman–Crippen MR) is 59.8 cm³/mol. The lowest BCUT2D eigenvalue weighted by molar-refractivity contribution is 0.0688. The molecule has 0 aliphatic heterocycles. The standard InChI is InChI=1S/C11H12N4O2/c1-7-8(2)15(14-10(7)11(16)17)6-9-12-4-3-5-13-9/h3-5H,6H2,1-2H3,(H,16,17). The van der Waals surface area contributed by atoms with Gasteiger partial charge in [-0.2, -0.15) is 5.10 Å². The van der Waals surface area contributed by atoms with Gasteiger partial charge in [-0.05, 0) is 19.9 Å². The van der Waals surface area contributed by atoms with Gasteiger partial charge in [-0.15, -0.1) is 0 Å². The fourth-order valence-electron chi connectivity index (χ4n) is 1.54. The van der Waals surface area contributed by atoms with Gasteiger partial charge in [0.2, 0.25) is 0 Å². The van der Waals surface area contributed by atoms with Gasteiger partial charge in [0.15, 0.2) is 5.69 Å². The monoisotopic (exact) mass is 232 g/mol. The molecule has 0 saturated heterocycles. The molecule has 6 heteroatoms. The van der Waals surface area contributed by atoms with Gasteiger partial charge in [0.25, 0.3) is 0 Å². The molecule has 0 atom stereocenters. The maximum Gasteiger partial charge on any atom is 0.356 e. The Hall–Kier alpha value is -2.24. The Morgan fingerprint density at radius 2 is 2.00 bits per heavy atom. The van der Waals surface area contributed by atoms with E-state index in [0.717, 1.165) is 5.69 Å². The molecule has 2 aromatic heterocycles. The average molecular weight is 232 g/mol. The zero-order valence-electron chi connectivity index (χ0n) is 9.58. The molecule has 2 aromatic rings. The van der Waals surface area contributed by atoms with Gasteiger partial charge >= 0.3 is 5.97 Å². The molecule has 0 unspecified atom stereocenters. The topological polar surface area (TPSA) is 80.9 Å². The third-order valence-corrected chi connectivity index (χ3v) is 2.62. The number of carboxylic acid groups (broad SMARTS) is 1. The Labute approximate surface area is 98.0 Å². The first-order valence-electron chi connectivity index (χ1n) is 5.13. The smallest absolute Gasteiger partial charge is 0.356 e. The zero-order chi connectivity index (χ0) is 12.4. The highest BCUT2D eigenvalue weighted by Gasteiger charge is 2.16.